The third kappa shape index (κ3) is 4.31. The van der Waals surface area contributed by atoms with Gasteiger partial charge in [0.15, 0.2) is 0 Å². The van der Waals surface area contributed by atoms with Crippen LogP contribution in [0.1, 0.15) is 18.4 Å². The summed E-state index contributed by atoms with van der Waals surface area (Å²) in [6.45, 7) is 4.80. The van der Waals surface area contributed by atoms with Gasteiger partial charge in [-0.15, -0.1) is 0 Å². The molecule has 2 aliphatic heterocycles. The average molecular weight is 363 g/mol. The van der Waals surface area contributed by atoms with Crippen molar-refractivity contribution < 1.29 is 19.2 Å². The molecule has 0 unspecified atom stereocenters. The second kappa shape index (κ2) is 8.46. The van der Waals surface area contributed by atoms with Crippen molar-refractivity contribution in [1.82, 2.24) is 9.80 Å². The van der Waals surface area contributed by atoms with Crippen molar-refractivity contribution in [3.8, 4) is 5.75 Å². The minimum absolute atomic E-state index is 0.0661. The summed E-state index contributed by atoms with van der Waals surface area (Å²) in [4.78, 5) is 27.4. The summed E-state index contributed by atoms with van der Waals surface area (Å²) in [7, 11) is 1.57. The minimum Gasteiger partial charge on any atom is -0.496 e. The SMILES string of the molecule is COc1ccc([N+](=O)[O-])cc1CN1CCC(C(=O)N2CCOCC2)CC1. The highest BCUT2D eigenvalue weighted by molar-refractivity contribution is 5.79. The minimum atomic E-state index is -0.393. The number of piperidine rings is 1. The van der Waals surface area contributed by atoms with E-state index in [2.05, 4.69) is 4.90 Å². The summed E-state index contributed by atoms with van der Waals surface area (Å²) >= 11 is 0. The van der Waals surface area contributed by atoms with Gasteiger partial charge >= 0.3 is 0 Å². The van der Waals surface area contributed by atoms with Crippen LogP contribution in [-0.4, -0.2) is 67.1 Å². The lowest BCUT2D eigenvalue weighted by Gasteiger charge is -2.35. The van der Waals surface area contributed by atoms with Crippen LogP contribution in [0, 0.1) is 16.0 Å². The van der Waals surface area contributed by atoms with Crippen LogP contribution >= 0.6 is 0 Å². The molecule has 1 aromatic rings. The first-order chi connectivity index (χ1) is 12.6. The van der Waals surface area contributed by atoms with Gasteiger partial charge in [0.1, 0.15) is 5.75 Å². The van der Waals surface area contributed by atoms with Crippen LogP contribution in [0.3, 0.4) is 0 Å². The quantitative estimate of drug-likeness (QED) is 0.584. The highest BCUT2D eigenvalue weighted by Gasteiger charge is 2.29. The number of methoxy groups -OCH3 is 1. The maximum absolute atomic E-state index is 12.6. The van der Waals surface area contributed by atoms with E-state index in [1.54, 1.807) is 19.2 Å². The van der Waals surface area contributed by atoms with Gasteiger partial charge in [-0.3, -0.25) is 19.8 Å². The van der Waals surface area contributed by atoms with E-state index in [1.165, 1.54) is 6.07 Å². The van der Waals surface area contributed by atoms with E-state index in [0.29, 0.717) is 38.6 Å². The number of benzene rings is 1. The van der Waals surface area contributed by atoms with E-state index in [0.717, 1.165) is 31.5 Å². The van der Waals surface area contributed by atoms with Gasteiger partial charge in [0.25, 0.3) is 5.69 Å². The van der Waals surface area contributed by atoms with E-state index < -0.39 is 4.92 Å². The van der Waals surface area contributed by atoms with E-state index in [-0.39, 0.29) is 17.5 Å². The van der Waals surface area contributed by atoms with Gasteiger partial charge < -0.3 is 14.4 Å². The fourth-order valence-electron chi connectivity index (χ4n) is 3.62. The van der Waals surface area contributed by atoms with Crippen LogP contribution in [0.25, 0.3) is 0 Å². The molecule has 0 bridgehead atoms. The van der Waals surface area contributed by atoms with Crippen LogP contribution < -0.4 is 4.74 Å². The van der Waals surface area contributed by atoms with E-state index in [4.69, 9.17) is 9.47 Å². The Morgan fingerprint density at radius 3 is 2.58 bits per heavy atom. The molecule has 8 heteroatoms. The topological polar surface area (TPSA) is 85.2 Å². The lowest BCUT2D eigenvalue weighted by atomic mass is 9.94. The number of hydrogen-bond donors (Lipinski definition) is 0. The smallest absolute Gasteiger partial charge is 0.270 e. The van der Waals surface area contributed by atoms with Crippen molar-refractivity contribution in [1.29, 1.82) is 0 Å². The molecule has 0 radical (unpaired) electrons. The average Bonchev–Trinajstić information content (AvgIpc) is 2.68. The number of carbonyl (C=O) groups is 1. The van der Waals surface area contributed by atoms with E-state index >= 15 is 0 Å². The van der Waals surface area contributed by atoms with Crippen LogP contribution in [-0.2, 0) is 16.1 Å². The third-order valence-electron chi connectivity index (χ3n) is 5.13. The molecule has 0 aromatic heterocycles. The van der Waals surface area contributed by atoms with Gasteiger partial charge in [-0.1, -0.05) is 0 Å². The number of rotatable bonds is 5. The molecule has 2 saturated heterocycles. The van der Waals surface area contributed by atoms with Gasteiger partial charge in [0, 0.05) is 43.2 Å². The maximum atomic E-state index is 12.6. The van der Waals surface area contributed by atoms with Crippen molar-refractivity contribution in [3.63, 3.8) is 0 Å². The molecule has 142 valence electrons. The molecule has 0 aliphatic carbocycles. The molecule has 3 rings (SSSR count). The summed E-state index contributed by atoms with van der Waals surface area (Å²) in [5, 5.41) is 11.0. The van der Waals surface area contributed by atoms with Gasteiger partial charge in [-0.25, -0.2) is 0 Å². The Morgan fingerprint density at radius 1 is 1.27 bits per heavy atom. The van der Waals surface area contributed by atoms with Gasteiger partial charge in [0.2, 0.25) is 5.91 Å². The van der Waals surface area contributed by atoms with Gasteiger partial charge in [-0.2, -0.15) is 0 Å². The molecule has 26 heavy (non-hydrogen) atoms. The van der Waals surface area contributed by atoms with Crippen LogP contribution in [0.2, 0.25) is 0 Å². The van der Waals surface area contributed by atoms with Crippen molar-refractivity contribution in [3.05, 3.63) is 33.9 Å². The van der Waals surface area contributed by atoms with Gasteiger partial charge in [-0.05, 0) is 32.0 Å². The first kappa shape index (κ1) is 18.6. The number of nitro benzene ring substituents is 1. The molecule has 0 spiro atoms. The first-order valence-corrected chi connectivity index (χ1v) is 8.98. The predicted octanol–water partition coefficient (Wildman–Crippen LogP) is 1.67. The first-order valence-electron chi connectivity index (χ1n) is 8.98. The van der Waals surface area contributed by atoms with Crippen molar-refractivity contribution in [2.75, 3.05) is 46.5 Å². The number of ether oxygens (including phenoxy) is 2. The van der Waals surface area contributed by atoms with Crippen LogP contribution in [0.5, 0.6) is 5.75 Å². The second-order valence-electron chi connectivity index (χ2n) is 6.74. The Bertz CT molecular complexity index is 652. The molecular weight excluding hydrogens is 338 g/mol. The molecule has 2 fully saturated rings. The molecule has 2 heterocycles. The lowest BCUT2D eigenvalue weighted by Crippen LogP contribution is -2.46. The summed E-state index contributed by atoms with van der Waals surface area (Å²) in [6.07, 6.45) is 1.63. The Labute approximate surface area is 152 Å². The Balaban J connectivity index is 1.57. The monoisotopic (exact) mass is 363 g/mol. The zero-order chi connectivity index (χ0) is 18.5. The molecule has 0 N–H and O–H groups in total. The zero-order valence-electron chi connectivity index (χ0n) is 15.1. The Hall–Kier alpha value is -2.19. The molecule has 2 aliphatic rings. The molecule has 8 nitrogen and oxygen atoms in total. The molecular formula is C18H25N3O5. The number of likely N-dealkylation sites (tertiary alicyclic amines) is 1. The Morgan fingerprint density at radius 2 is 1.96 bits per heavy atom. The fraction of sp³-hybridized carbons (Fsp3) is 0.611. The molecule has 1 aromatic carbocycles. The zero-order valence-corrected chi connectivity index (χ0v) is 15.1. The summed E-state index contributed by atoms with van der Waals surface area (Å²) in [6, 6.07) is 4.67. The number of carbonyl (C=O) groups excluding carboxylic acids is 1. The molecule has 0 saturated carbocycles. The van der Waals surface area contributed by atoms with E-state index in [1.807, 2.05) is 4.90 Å². The van der Waals surface area contributed by atoms with Crippen LogP contribution in [0.4, 0.5) is 5.69 Å². The highest BCUT2D eigenvalue weighted by atomic mass is 16.6. The number of hydrogen-bond acceptors (Lipinski definition) is 6. The fourth-order valence-corrected chi connectivity index (χ4v) is 3.62. The number of morpholine rings is 1. The van der Waals surface area contributed by atoms with Crippen molar-refractivity contribution in [2.24, 2.45) is 5.92 Å². The molecule has 1 amide bonds. The molecule has 0 atom stereocenters. The number of non-ortho nitro benzene ring substituents is 1. The lowest BCUT2D eigenvalue weighted by molar-refractivity contribution is -0.385. The highest BCUT2D eigenvalue weighted by Crippen LogP contribution is 2.27. The van der Waals surface area contributed by atoms with Crippen molar-refractivity contribution >= 4 is 11.6 Å². The second-order valence-corrected chi connectivity index (χ2v) is 6.74. The number of amides is 1. The van der Waals surface area contributed by atoms with Crippen molar-refractivity contribution in [2.45, 2.75) is 19.4 Å². The summed E-state index contributed by atoms with van der Waals surface area (Å²) in [5.74, 6) is 0.958. The van der Waals surface area contributed by atoms with Crippen LogP contribution in [0.15, 0.2) is 18.2 Å². The predicted molar refractivity (Wildman–Crippen MR) is 95.0 cm³/mol. The standard InChI is InChI=1S/C18H25N3O5/c1-25-17-3-2-16(21(23)24)12-15(17)13-19-6-4-14(5-7-19)18(22)20-8-10-26-11-9-20/h2-3,12,14H,4-11,13H2,1H3. The normalized spacial score (nSPS) is 19.3. The Kier molecular flexibility index (Phi) is 6.05. The van der Waals surface area contributed by atoms with Gasteiger partial charge in [0.05, 0.1) is 25.2 Å². The maximum Gasteiger partial charge on any atom is 0.270 e. The largest absolute Gasteiger partial charge is 0.496 e. The third-order valence-corrected chi connectivity index (χ3v) is 5.13. The number of nitro groups is 1. The number of nitrogens with zero attached hydrogens (tertiary/aromatic N) is 3. The van der Waals surface area contributed by atoms with E-state index in [9.17, 15) is 14.9 Å². The summed E-state index contributed by atoms with van der Waals surface area (Å²) < 4.78 is 10.6. The summed E-state index contributed by atoms with van der Waals surface area (Å²) in [5.41, 5.74) is 0.873.